The highest BCUT2D eigenvalue weighted by Gasteiger charge is 2.32. The van der Waals surface area contributed by atoms with Crippen molar-refractivity contribution in [1.29, 1.82) is 0 Å². The highest BCUT2D eigenvalue weighted by atomic mass is 32.2. The molecular weight excluding hydrogens is 530 g/mol. The molecule has 0 aliphatic heterocycles. The number of nitrogens with one attached hydrogen (secondary N) is 1. The Labute approximate surface area is 236 Å². The molecule has 0 fully saturated rings. The second-order valence-electron chi connectivity index (χ2n) is 9.46. The second-order valence-corrected chi connectivity index (χ2v) is 11.3. The topological polar surface area (TPSA) is 105 Å². The Hall–Kier alpha value is -4.05. The van der Waals surface area contributed by atoms with Gasteiger partial charge in [-0.2, -0.15) is 0 Å². The van der Waals surface area contributed by atoms with E-state index in [1.165, 1.54) is 17.0 Å². The van der Waals surface area contributed by atoms with E-state index in [-0.39, 0.29) is 23.4 Å². The van der Waals surface area contributed by atoms with Gasteiger partial charge >= 0.3 is 0 Å². The third-order valence-electron chi connectivity index (χ3n) is 6.13. The highest BCUT2D eigenvalue weighted by molar-refractivity contribution is 7.92. The molecule has 0 aliphatic rings. The first kappa shape index (κ1) is 30.5. The molecule has 3 aromatic carbocycles. The van der Waals surface area contributed by atoms with Crippen LogP contribution in [0.3, 0.4) is 0 Å². The molecule has 1 N–H and O–H groups in total. The zero-order valence-electron chi connectivity index (χ0n) is 23.5. The van der Waals surface area contributed by atoms with Gasteiger partial charge in [-0.1, -0.05) is 30.3 Å². The number of carbonyl (C=O) groups excluding carboxylic acids is 2. The van der Waals surface area contributed by atoms with Gasteiger partial charge in [0.25, 0.3) is 10.0 Å². The fourth-order valence-electron chi connectivity index (χ4n) is 4.08. The average Bonchev–Trinajstić information content (AvgIpc) is 2.95. The lowest BCUT2D eigenvalue weighted by Crippen LogP contribution is -2.52. The van der Waals surface area contributed by atoms with E-state index in [1.807, 2.05) is 26.8 Å². The second kappa shape index (κ2) is 13.8. The normalized spacial score (nSPS) is 11.9. The fraction of sp³-hybridized carbons (Fsp3) is 0.333. The fourth-order valence-corrected chi connectivity index (χ4v) is 5.51. The Kier molecular flexibility index (Phi) is 10.6. The number of methoxy groups -OCH3 is 1. The Morgan fingerprint density at radius 3 is 2.17 bits per heavy atom. The molecule has 3 rings (SSSR count). The van der Waals surface area contributed by atoms with Crippen molar-refractivity contribution >= 4 is 27.5 Å². The molecule has 0 unspecified atom stereocenters. The van der Waals surface area contributed by atoms with Crippen molar-refractivity contribution < 1.29 is 27.5 Å². The molecule has 0 spiro atoms. The molecule has 0 bridgehead atoms. The molecule has 0 saturated carbocycles. The predicted octanol–water partition coefficient (Wildman–Crippen LogP) is 4.23. The van der Waals surface area contributed by atoms with Crippen LogP contribution in [0.15, 0.2) is 83.8 Å². The summed E-state index contributed by atoms with van der Waals surface area (Å²) in [6.07, 6.45) is 0. The van der Waals surface area contributed by atoms with Crippen LogP contribution >= 0.6 is 0 Å². The lowest BCUT2D eigenvalue weighted by atomic mass is 10.1. The summed E-state index contributed by atoms with van der Waals surface area (Å²) < 4.78 is 39.5. The Bertz CT molecular complexity index is 1380. The molecule has 9 nitrogen and oxygen atoms in total. The van der Waals surface area contributed by atoms with E-state index >= 15 is 0 Å². The van der Waals surface area contributed by atoms with Gasteiger partial charge in [-0.3, -0.25) is 13.9 Å². The molecule has 0 aliphatic carbocycles. The van der Waals surface area contributed by atoms with Crippen molar-refractivity contribution in [3.05, 3.63) is 84.4 Å². The average molecular weight is 568 g/mol. The highest BCUT2D eigenvalue weighted by Crippen LogP contribution is 2.27. The molecule has 0 heterocycles. The Morgan fingerprint density at radius 1 is 0.900 bits per heavy atom. The quantitative estimate of drug-likeness (QED) is 0.332. The largest absolute Gasteiger partial charge is 0.497 e. The molecule has 214 valence electrons. The summed E-state index contributed by atoms with van der Waals surface area (Å²) in [5.41, 5.74) is 1.02. The van der Waals surface area contributed by atoms with E-state index in [1.54, 1.807) is 74.7 Å². The van der Waals surface area contributed by atoms with Crippen LogP contribution in [0.1, 0.15) is 33.3 Å². The van der Waals surface area contributed by atoms with E-state index in [0.717, 1.165) is 9.87 Å². The number of sulfonamides is 1. The first-order valence-corrected chi connectivity index (χ1v) is 14.5. The summed E-state index contributed by atoms with van der Waals surface area (Å²) in [5.74, 6) is 0.299. The minimum atomic E-state index is -4.13. The summed E-state index contributed by atoms with van der Waals surface area (Å²) >= 11 is 0. The number of nitrogens with zero attached hydrogens (tertiary/aromatic N) is 2. The van der Waals surface area contributed by atoms with Gasteiger partial charge in [0.05, 0.1) is 24.3 Å². The van der Waals surface area contributed by atoms with Crippen LogP contribution < -0.4 is 19.1 Å². The number of ether oxygens (including phenoxy) is 2. The molecule has 0 radical (unpaired) electrons. The number of hydrogen-bond donors (Lipinski definition) is 1. The summed E-state index contributed by atoms with van der Waals surface area (Å²) in [4.78, 5) is 28.4. The van der Waals surface area contributed by atoms with Gasteiger partial charge in [-0.05, 0) is 81.8 Å². The third kappa shape index (κ3) is 7.75. The Morgan fingerprint density at radius 2 is 1.57 bits per heavy atom. The molecule has 3 aromatic rings. The first-order chi connectivity index (χ1) is 19.1. The van der Waals surface area contributed by atoms with Crippen molar-refractivity contribution in [2.24, 2.45) is 0 Å². The summed E-state index contributed by atoms with van der Waals surface area (Å²) in [5, 5.41) is 2.84. The van der Waals surface area contributed by atoms with Crippen LogP contribution in [0.2, 0.25) is 0 Å². The van der Waals surface area contributed by atoms with E-state index in [0.29, 0.717) is 23.8 Å². The van der Waals surface area contributed by atoms with Crippen molar-refractivity contribution in [2.45, 2.75) is 51.2 Å². The predicted molar refractivity (Wildman–Crippen MR) is 155 cm³/mol. The summed E-state index contributed by atoms with van der Waals surface area (Å²) in [6, 6.07) is 20.6. The van der Waals surface area contributed by atoms with Crippen LogP contribution in [0.5, 0.6) is 11.5 Å². The standard InChI is InChI=1S/C30H37N3O6S/c1-6-39-26-17-15-25(16-18-26)33(40(36,37)28-13-8-7-9-14-28)21-29(34)32(23(4)30(35)31-22(2)3)20-24-11-10-12-27(19-24)38-5/h7-19,22-23H,6,20-21H2,1-5H3,(H,31,35)/t23-/m1/s1. The SMILES string of the molecule is CCOc1ccc(N(CC(=O)N(Cc2cccc(OC)c2)[C@H](C)C(=O)NC(C)C)S(=O)(=O)c2ccccc2)cc1. The van der Waals surface area contributed by atoms with Gasteiger partial charge < -0.3 is 19.7 Å². The maximum absolute atomic E-state index is 13.9. The van der Waals surface area contributed by atoms with E-state index in [9.17, 15) is 18.0 Å². The molecule has 0 aromatic heterocycles. The number of carbonyl (C=O) groups is 2. The molecule has 40 heavy (non-hydrogen) atoms. The van der Waals surface area contributed by atoms with Gasteiger partial charge in [-0.25, -0.2) is 8.42 Å². The van der Waals surface area contributed by atoms with E-state index < -0.39 is 28.5 Å². The van der Waals surface area contributed by atoms with Gasteiger partial charge in [0.2, 0.25) is 11.8 Å². The van der Waals surface area contributed by atoms with Gasteiger partial charge in [0.1, 0.15) is 24.1 Å². The Balaban J connectivity index is 2.02. The van der Waals surface area contributed by atoms with Crippen LogP contribution in [-0.4, -0.2) is 57.5 Å². The van der Waals surface area contributed by atoms with Crippen molar-refractivity contribution in [1.82, 2.24) is 10.2 Å². The number of benzene rings is 3. The van der Waals surface area contributed by atoms with Gasteiger partial charge in [0, 0.05) is 12.6 Å². The number of rotatable bonds is 13. The minimum Gasteiger partial charge on any atom is -0.497 e. The van der Waals surface area contributed by atoms with Gasteiger partial charge in [0.15, 0.2) is 0 Å². The van der Waals surface area contributed by atoms with Crippen molar-refractivity contribution in [3.63, 3.8) is 0 Å². The van der Waals surface area contributed by atoms with E-state index in [2.05, 4.69) is 5.32 Å². The first-order valence-electron chi connectivity index (χ1n) is 13.1. The van der Waals surface area contributed by atoms with Crippen LogP contribution in [-0.2, 0) is 26.2 Å². The smallest absolute Gasteiger partial charge is 0.264 e. The maximum atomic E-state index is 13.9. The van der Waals surface area contributed by atoms with E-state index in [4.69, 9.17) is 9.47 Å². The molecule has 1 atom stereocenters. The lowest BCUT2D eigenvalue weighted by Gasteiger charge is -2.32. The van der Waals surface area contributed by atoms with Crippen LogP contribution in [0.25, 0.3) is 0 Å². The summed E-state index contributed by atoms with van der Waals surface area (Å²) in [7, 11) is -2.59. The van der Waals surface area contributed by atoms with Crippen LogP contribution in [0.4, 0.5) is 5.69 Å². The monoisotopic (exact) mass is 567 g/mol. The summed E-state index contributed by atoms with van der Waals surface area (Å²) in [6.45, 7) is 7.16. The number of amides is 2. The lowest BCUT2D eigenvalue weighted by molar-refractivity contribution is -0.139. The van der Waals surface area contributed by atoms with Crippen molar-refractivity contribution in [3.8, 4) is 11.5 Å². The molecule has 2 amide bonds. The number of hydrogen-bond acceptors (Lipinski definition) is 6. The molecular formula is C30H37N3O6S. The van der Waals surface area contributed by atoms with Crippen molar-refractivity contribution in [2.75, 3.05) is 24.6 Å². The van der Waals surface area contributed by atoms with Gasteiger partial charge in [-0.15, -0.1) is 0 Å². The molecule has 0 saturated heterocycles. The molecule has 10 heteroatoms. The maximum Gasteiger partial charge on any atom is 0.264 e. The zero-order valence-corrected chi connectivity index (χ0v) is 24.4. The van der Waals surface area contributed by atoms with Crippen LogP contribution in [0, 0.1) is 0 Å². The third-order valence-corrected chi connectivity index (χ3v) is 7.92. The zero-order chi connectivity index (χ0) is 29.3. The number of anilines is 1. The minimum absolute atomic E-state index is 0.0432.